The van der Waals surface area contributed by atoms with Crippen LogP contribution in [0.4, 0.5) is 0 Å². The van der Waals surface area contributed by atoms with Crippen LogP contribution in [-0.4, -0.2) is 14.3 Å². The van der Waals surface area contributed by atoms with Crippen molar-refractivity contribution >= 4 is 43.5 Å². The molecule has 0 heterocycles. The van der Waals surface area contributed by atoms with Gasteiger partial charge in [-0.1, -0.05) is 45.7 Å². The Balaban J connectivity index is 1.81. The van der Waals surface area contributed by atoms with Crippen molar-refractivity contribution in [1.82, 2.24) is 4.72 Å². The number of rotatable bonds is 6. The standard InChI is InChI=1S/C21H17BrClNO4S/c1-14-2-11-19(20(12-14)28-13-15-3-7-17(23)8-4-15)21(25)24-29(26,27)18-9-5-16(22)6-10-18/h2-12H,13H2,1H3,(H,24,25). The van der Waals surface area contributed by atoms with E-state index in [0.29, 0.717) is 10.8 Å². The SMILES string of the molecule is Cc1ccc(C(=O)NS(=O)(=O)c2ccc(Br)cc2)c(OCc2ccc(Cl)cc2)c1. The van der Waals surface area contributed by atoms with E-state index >= 15 is 0 Å². The second-order valence-corrected chi connectivity index (χ2v) is 9.34. The van der Waals surface area contributed by atoms with E-state index in [9.17, 15) is 13.2 Å². The molecule has 0 aliphatic carbocycles. The van der Waals surface area contributed by atoms with Crippen molar-refractivity contribution in [2.75, 3.05) is 0 Å². The fraction of sp³-hybridized carbons (Fsp3) is 0.0952. The molecule has 1 amide bonds. The molecule has 0 fully saturated rings. The third kappa shape index (κ3) is 5.59. The summed E-state index contributed by atoms with van der Waals surface area (Å²) in [6, 6.07) is 18.1. The average Bonchev–Trinajstić information content (AvgIpc) is 2.67. The summed E-state index contributed by atoms with van der Waals surface area (Å²) in [4.78, 5) is 12.7. The monoisotopic (exact) mass is 493 g/mol. The van der Waals surface area contributed by atoms with Crippen LogP contribution < -0.4 is 9.46 Å². The van der Waals surface area contributed by atoms with Gasteiger partial charge in [0, 0.05) is 9.50 Å². The maximum atomic E-state index is 12.7. The van der Waals surface area contributed by atoms with E-state index in [-0.39, 0.29) is 17.1 Å². The van der Waals surface area contributed by atoms with Gasteiger partial charge in [0.05, 0.1) is 10.5 Å². The second-order valence-electron chi connectivity index (χ2n) is 6.30. The van der Waals surface area contributed by atoms with Crippen molar-refractivity contribution in [1.29, 1.82) is 0 Å². The normalized spacial score (nSPS) is 11.1. The molecule has 150 valence electrons. The molecule has 1 N–H and O–H groups in total. The largest absolute Gasteiger partial charge is 0.488 e. The summed E-state index contributed by atoms with van der Waals surface area (Å²) in [5, 5.41) is 0.613. The van der Waals surface area contributed by atoms with E-state index in [1.54, 1.807) is 42.5 Å². The molecule has 0 aliphatic heterocycles. The Morgan fingerprint density at radius 2 is 1.69 bits per heavy atom. The van der Waals surface area contributed by atoms with Crippen LogP contribution in [0.25, 0.3) is 0 Å². The number of nitrogens with one attached hydrogen (secondary N) is 1. The second kappa shape index (κ2) is 8.98. The fourth-order valence-electron chi connectivity index (χ4n) is 2.53. The van der Waals surface area contributed by atoms with Crippen LogP contribution in [0.15, 0.2) is 76.1 Å². The topological polar surface area (TPSA) is 72.5 Å². The van der Waals surface area contributed by atoms with E-state index in [1.165, 1.54) is 12.1 Å². The van der Waals surface area contributed by atoms with Crippen LogP contribution in [0, 0.1) is 6.92 Å². The fourth-order valence-corrected chi connectivity index (χ4v) is 3.88. The zero-order chi connectivity index (χ0) is 21.0. The first-order chi connectivity index (χ1) is 13.7. The maximum absolute atomic E-state index is 12.7. The molecular formula is C21H17BrClNO4S. The number of amides is 1. The molecule has 0 bridgehead atoms. The Morgan fingerprint density at radius 3 is 2.34 bits per heavy atom. The predicted octanol–water partition coefficient (Wildman–Crippen LogP) is 5.11. The molecule has 5 nitrogen and oxygen atoms in total. The van der Waals surface area contributed by atoms with Gasteiger partial charge in [-0.3, -0.25) is 4.79 Å². The van der Waals surface area contributed by atoms with Crippen LogP contribution >= 0.6 is 27.5 Å². The molecule has 0 saturated heterocycles. The number of carbonyl (C=O) groups excluding carboxylic acids is 1. The molecule has 0 aromatic heterocycles. The average molecular weight is 495 g/mol. The van der Waals surface area contributed by atoms with Gasteiger partial charge in [0.2, 0.25) is 0 Å². The molecule has 0 radical (unpaired) electrons. The summed E-state index contributed by atoms with van der Waals surface area (Å²) in [6.45, 7) is 2.07. The quantitative estimate of drug-likeness (QED) is 0.517. The van der Waals surface area contributed by atoms with Gasteiger partial charge in [-0.25, -0.2) is 13.1 Å². The first-order valence-corrected chi connectivity index (χ1v) is 11.2. The van der Waals surface area contributed by atoms with Crippen LogP contribution in [-0.2, 0) is 16.6 Å². The van der Waals surface area contributed by atoms with Gasteiger partial charge >= 0.3 is 0 Å². The molecule has 3 aromatic rings. The molecule has 3 rings (SSSR count). The van der Waals surface area contributed by atoms with Crippen molar-refractivity contribution in [3.63, 3.8) is 0 Å². The molecule has 8 heteroatoms. The number of benzene rings is 3. The highest BCUT2D eigenvalue weighted by Crippen LogP contribution is 2.23. The van der Waals surface area contributed by atoms with E-state index in [1.807, 2.05) is 19.1 Å². The number of hydrogen-bond donors (Lipinski definition) is 1. The summed E-state index contributed by atoms with van der Waals surface area (Å²) < 4.78 is 33.7. The van der Waals surface area contributed by atoms with Crippen molar-refractivity contribution in [3.8, 4) is 5.75 Å². The van der Waals surface area contributed by atoms with Crippen molar-refractivity contribution in [2.24, 2.45) is 0 Å². The highest BCUT2D eigenvalue weighted by molar-refractivity contribution is 9.10. The Hall–Kier alpha value is -2.35. The summed E-state index contributed by atoms with van der Waals surface area (Å²) in [5.41, 5.74) is 1.87. The molecule has 29 heavy (non-hydrogen) atoms. The highest BCUT2D eigenvalue weighted by atomic mass is 79.9. The van der Waals surface area contributed by atoms with Crippen LogP contribution in [0.3, 0.4) is 0 Å². The molecule has 3 aromatic carbocycles. The molecule has 0 saturated carbocycles. The van der Waals surface area contributed by atoms with Gasteiger partial charge < -0.3 is 4.74 Å². The Morgan fingerprint density at radius 1 is 1.03 bits per heavy atom. The van der Waals surface area contributed by atoms with Gasteiger partial charge in [0.25, 0.3) is 15.9 Å². The summed E-state index contributed by atoms with van der Waals surface area (Å²) in [6.07, 6.45) is 0. The Kier molecular flexibility index (Phi) is 6.62. The number of halogens is 2. The van der Waals surface area contributed by atoms with E-state index in [0.717, 1.165) is 15.6 Å². The zero-order valence-electron chi connectivity index (χ0n) is 15.4. The Labute approximate surface area is 182 Å². The number of aryl methyl sites for hydroxylation is 1. The van der Waals surface area contributed by atoms with Gasteiger partial charge in [-0.15, -0.1) is 0 Å². The highest BCUT2D eigenvalue weighted by Gasteiger charge is 2.21. The smallest absolute Gasteiger partial charge is 0.268 e. The first kappa shape index (κ1) is 21.4. The number of carbonyl (C=O) groups is 1. The summed E-state index contributed by atoms with van der Waals surface area (Å²) in [5.74, 6) is -0.470. The lowest BCUT2D eigenvalue weighted by molar-refractivity contribution is 0.0977. The van der Waals surface area contributed by atoms with Gasteiger partial charge in [0.1, 0.15) is 12.4 Å². The first-order valence-electron chi connectivity index (χ1n) is 8.55. The van der Waals surface area contributed by atoms with Gasteiger partial charge in [-0.2, -0.15) is 0 Å². The van der Waals surface area contributed by atoms with E-state index < -0.39 is 15.9 Å². The van der Waals surface area contributed by atoms with Gasteiger partial charge in [-0.05, 0) is 66.6 Å². The van der Waals surface area contributed by atoms with Crippen LogP contribution in [0.2, 0.25) is 5.02 Å². The zero-order valence-corrected chi connectivity index (χ0v) is 18.5. The van der Waals surface area contributed by atoms with Crippen molar-refractivity contribution in [2.45, 2.75) is 18.4 Å². The molecular weight excluding hydrogens is 478 g/mol. The molecule has 0 spiro atoms. The third-order valence-corrected chi connectivity index (χ3v) is 6.17. The predicted molar refractivity (Wildman–Crippen MR) is 116 cm³/mol. The molecule has 0 unspecified atom stereocenters. The third-order valence-electron chi connectivity index (χ3n) is 4.04. The lowest BCUT2D eigenvalue weighted by Crippen LogP contribution is -2.31. The van der Waals surface area contributed by atoms with Crippen molar-refractivity contribution in [3.05, 3.63) is 92.9 Å². The minimum absolute atomic E-state index is 0.00945. The number of sulfonamides is 1. The van der Waals surface area contributed by atoms with Crippen LogP contribution in [0.5, 0.6) is 5.75 Å². The minimum Gasteiger partial charge on any atom is -0.488 e. The van der Waals surface area contributed by atoms with Crippen molar-refractivity contribution < 1.29 is 17.9 Å². The summed E-state index contributed by atoms with van der Waals surface area (Å²) >= 11 is 9.13. The maximum Gasteiger partial charge on any atom is 0.268 e. The Bertz CT molecular complexity index is 1130. The molecule has 0 aliphatic rings. The van der Waals surface area contributed by atoms with Crippen LogP contribution in [0.1, 0.15) is 21.5 Å². The molecule has 0 atom stereocenters. The van der Waals surface area contributed by atoms with Gasteiger partial charge in [0.15, 0.2) is 0 Å². The van der Waals surface area contributed by atoms with E-state index in [4.69, 9.17) is 16.3 Å². The minimum atomic E-state index is -4.01. The summed E-state index contributed by atoms with van der Waals surface area (Å²) in [7, 11) is -4.01. The lowest BCUT2D eigenvalue weighted by Gasteiger charge is -2.13. The lowest BCUT2D eigenvalue weighted by atomic mass is 10.1. The number of ether oxygens (including phenoxy) is 1. The van der Waals surface area contributed by atoms with E-state index in [2.05, 4.69) is 20.7 Å². The number of hydrogen-bond acceptors (Lipinski definition) is 4.